The van der Waals surface area contributed by atoms with E-state index in [9.17, 15) is 4.79 Å². The third kappa shape index (κ3) is 5.18. The Labute approximate surface area is 193 Å². The van der Waals surface area contributed by atoms with Crippen molar-refractivity contribution in [3.63, 3.8) is 0 Å². The standard InChI is InChI=1S/C25H28N6O2/c1-25(2,3)33-31(18-32)22(15-20-7-5-6-12-27-20)24-28-16-23(29(24)4)19-8-10-21(11-9-19)30-14-13-26-17-30/h5-14,16-18,22H,15H2,1-4H3. The second-order valence-electron chi connectivity index (χ2n) is 8.79. The Balaban J connectivity index is 1.68. The Morgan fingerprint density at radius 2 is 1.88 bits per heavy atom. The van der Waals surface area contributed by atoms with Crippen molar-refractivity contribution in [2.24, 2.45) is 7.05 Å². The number of nitrogens with zero attached hydrogens (tertiary/aromatic N) is 6. The molecule has 1 atom stereocenters. The molecule has 0 fully saturated rings. The Morgan fingerprint density at radius 1 is 1.09 bits per heavy atom. The molecule has 4 rings (SSSR count). The van der Waals surface area contributed by atoms with Crippen molar-refractivity contribution in [2.45, 2.75) is 38.8 Å². The van der Waals surface area contributed by atoms with E-state index in [1.54, 1.807) is 18.7 Å². The number of imidazole rings is 2. The van der Waals surface area contributed by atoms with Crippen molar-refractivity contribution >= 4 is 6.41 Å². The van der Waals surface area contributed by atoms with Crippen LogP contribution in [0.1, 0.15) is 38.3 Å². The molecule has 4 aromatic rings. The summed E-state index contributed by atoms with van der Waals surface area (Å²) in [6.45, 7) is 5.73. The van der Waals surface area contributed by atoms with Gasteiger partial charge in [0.25, 0.3) is 0 Å². The molecule has 1 aromatic carbocycles. The molecule has 0 spiro atoms. The van der Waals surface area contributed by atoms with Crippen LogP contribution in [0.5, 0.6) is 0 Å². The normalized spacial score (nSPS) is 12.5. The van der Waals surface area contributed by atoms with E-state index in [1.165, 1.54) is 5.06 Å². The fraction of sp³-hybridized carbons (Fsp3) is 0.280. The van der Waals surface area contributed by atoms with Gasteiger partial charge in [-0.3, -0.25) is 14.6 Å². The molecule has 0 aliphatic rings. The highest BCUT2D eigenvalue weighted by Gasteiger charge is 2.29. The number of hydrogen-bond acceptors (Lipinski definition) is 5. The molecule has 170 valence electrons. The van der Waals surface area contributed by atoms with Gasteiger partial charge in [-0.15, -0.1) is 0 Å². The van der Waals surface area contributed by atoms with Gasteiger partial charge in [-0.25, -0.2) is 15.0 Å². The van der Waals surface area contributed by atoms with Gasteiger partial charge in [0.1, 0.15) is 11.9 Å². The zero-order valence-corrected chi connectivity index (χ0v) is 19.3. The maximum atomic E-state index is 12.1. The van der Waals surface area contributed by atoms with Crippen molar-refractivity contribution in [2.75, 3.05) is 0 Å². The summed E-state index contributed by atoms with van der Waals surface area (Å²) in [7, 11) is 1.95. The van der Waals surface area contributed by atoms with Crippen LogP contribution < -0.4 is 0 Å². The maximum Gasteiger partial charge on any atom is 0.234 e. The van der Waals surface area contributed by atoms with Crippen molar-refractivity contribution in [3.05, 3.63) is 85.1 Å². The number of amides is 1. The highest BCUT2D eigenvalue weighted by atomic mass is 16.7. The first-order chi connectivity index (χ1) is 15.9. The minimum absolute atomic E-state index is 0.444. The second kappa shape index (κ2) is 9.38. The number of aromatic nitrogens is 5. The SMILES string of the molecule is Cn1c(-c2ccc(-n3ccnc3)cc2)cnc1C(Cc1ccccn1)N(C=O)OC(C)(C)C. The molecular formula is C25H28N6O2. The zero-order valence-electron chi connectivity index (χ0n) is 19.3. The highest BCUT2D eigenvalue weighted by Crippen LogP contribution is 2.29. The molecule has 0 bridgehead atoms. The quantitative estimate of drug-likeness (QED) is 0.301. The average molecular weight is 445 g/mol. The molecule has 3 aromatic heterocycles. The second-order valence-corrected chi connectivity index (χ2v) is 8.79. The van der Waals surface area contributed by atoms with E-state index in [4.69, 9.17) is 9.82 Å². The molecule has 3 heterocycles. The topological polar surface area (TPSA) is 78.1 Å². The van der Waals surface area contributed by atoms with E-state index >= 15 is 0 Å². The summed E-state index contributed by atoms with van der Waals surface area (Å²) >= 11 is 0. The zero-order chi connectivity index (χ0) is 23.4. The van der Waals surface area contributed by atoms with Gasteiger partial charge in [0.2, 0.25) is 6.41 Å². The van der Waals surface area contributed by atoms with Crippen LogP contribution in [-0.4, -0.2) is 41.2 Å². The Morgan fingerprint density at radius 3 is 2.48 bits per heavy atom. The van der Waals surface area contributed by atoms with Crippen LogP contribution >= 0.6 is 0 Å². The van der Waals surface area contributed by atoms with Crippen LogP contribution in [0.2, 0.25) is 0 Å². The number of hydroxylamine groups is 2. The molecule has 0 aliphatic carbocycles. The number of carbonyl (C=O) groups is 1. The van der Waals surface area contributed by atoms with Gasteiger partial charge in [-0.2, -0.15) is 0 Å². The molecule has 33 heavy (non-hydrogen) atoms. The predicted molar refractivity (Wildman–Crippen MR) is 125 cm³/mol. The molecule has 1 amide bonds. The molecule has 0 aliphatic heterocycles. The van der Waals surface area contributed by atoms with Crippen LogP contribution in [0.4, 0.5) is 0 Å². The number of hydrogen-bond donors (Lipinski definition) is 0. The van der Waals surface area contributed by atoms with E-state index in [-0.39, 0.29) is 0 Å². The van der Waals surface area contributed by atoms with Crippen molar-refractivity contribution in [1.29, 1.82) is 0 Å². The summed E-state index contributed by atoms with van der Waals surface area (Å²) in [4.78, 5) is 31.3. The lowest BCUT2D eigenvalue weighted by Crippen LogP contribution is -2.38. The highest BCUT2D eigenvalue weighted by molar-refractivity contribution is 5.61. The van der Waals surface area contributed by atoms with Gasteiger partial charge in [-0.05, 0) is 50.6 Å². The van der Waals surface area contributed by atoms with Crippen LogP contribution in [0.15, 0.2) is 73.6 Å². The van der Waals surface area contributed by atoms with Gasteiger partial charge >= 0.3 is 0 Å². The first-order valence-electron chi connectivity index (χ1n) is 10.8. The van der Waals surface area contributed by atoms with Crippen molar-refractivity contribution in [1.82, 2.24) is 29.1 Å². The Kier molecular flexibility index (Phi) is 6.37. The third-order valence-corrected chi connectivity index (χ3v) is 5.21. The van der Waals surface area contributed by atoms with Gasteiger partial charge in [0.05, 0.1) is 23.8 Å². The Bertz CT molecular complexity index is 1180. The lowest BCUT2D eigenvalue weighted by molar-refractivity contribution is -0.235. The van der Waals surface area contributed by atoms with Crippen molar-refractivity contribution < 1.29 is 9.63 Å². The monoisotopic (exact) mass is 444 g/mol. The number of benzene rings is 1. The Hall–Kier alpha value is -3.78. The summed E-state index contributed by atoms with van der Waals surface area (Å²) < 4.78 is 3.95. The largest absolute Gasteiger partial charge is 0.329 e. The van der Waals surface area contributed by atoms with E-state index < -0.39 is 11.6 Å². The van der Waals surface area contributed by atoms with Gasteiger partial charge in [-0.1, -0.05) is 18.2 Å². The fourth-order valence-electron chi connectivity index (χ4n) is 3.70. The minimum Gasteiger partial charge on any atom is -0.329 e. The van der Waals surface area contributed by atoms with Crippen LogP contribution in [-0.2, 0) is 23.1 Å². The lowest BCUT2D eigenvalue weighted by Gasteiger charge is -2.32. The molecule has 0 saturated carbocycles. The molecule has 8 nitrogen and oxygen atoms in total. The van der Waals surface area contributed by atoms with E-state index in [1.807, 2.05) is 91.8 Å². The number of rotatable bonds is 8. The lowest BCUT2D eigenvalue weighted by atomic mass is 10.1. The van der Waals surface area contributed by atoms with Gasteiger partial charge in [0.15, 0.2) is 0 Å². The smallest absolute Gasteiger partial charge is 0.234 e. The van der Waals surface area contributed by atoms with E-state index in [0.717, 1.165) is 22.6 Å². The fourth-order valence-corrected chi connectivity index (χ4v) is 3.70. The first kappa shape index (κ1) is 22.4. The van der Waals surface area contributed by atoms with Gasteiger partial charge in [0, 0.05) is 43.4 Å². The van der Waals surface area contributed by atoms with E-state index in [0.29, 0.717) is 18.7 Å². The van der Waals surface area contributed by atoms with Gasteiger partial charge < -0.3 is 9.13 Å². The summed E-state index contributed by atoms with van der Waals surface area (Å²) in [5.74, 6) is 0.714. The average Bonchev–Trinajstić information content (AvgIpc) is 3.47. The number of pyridine rings is 1. The third-order valence-electron chi connectivity index (χ3n) is 5.21. The van der Waals surface area contributed by atoms with Crippen molar-refractivity contribution in [3.8, 4) is 16.9 Å². The molecule has 8 heteroatoms. The minimum atomic E-state index is -0.541. The first-order valence-corrected chi connectivity index (χ1v) is 10.8. The number of carbonyl (C=O) groups excluding carboxylic acids is 1. The summed E-state index contributed by atoms with van der Waals surface area (Å²) in [6.07, 6.45) is 10.2. The summed E-state index contributed by atoms with van der Waals surface area (Å²) in [5.41, 5.74) is 3.29. The van der Waals surface area contributed by atoms with Crippen LogP contribution in [0.3, 0.4) is 0 Å². The molecule has 0 N–H and O–H groups in total. The molecular weight excluding hydrogens is 416 g/mol. The molecule has 1 unspecified atom stereocenters. The molecule has 0 radical (unpaired) electrons. The molecule has 0 saturated heterocycles. The van der Waals surface area contributed by atoms with Crippen LogP contribution in [0.25, 0.3) is 16.9 Å². The van der Waals surface area contributed by atoms with Crippen LogP contribution in [0, 0.1) is 0 Å². The summed E-state index contributed by atoms with van der Waals surface area (Å²) in [5, 5.41) is 1.35. The maximum absolute atomic E-state index is 12.1. The van der Waals surface area contributed by atoms with E-state index in [2.05, 4.69) is 9.97 Å². The summed E-state index contributed by atoms with van der Waals surface area (Å²) in [6, 6.07) is 13.5. The predicted octanol–water partition coefficient (Wildman–Crippen LogP) is 4.14.